The Kier molecular flexibility index (Phi) is 6.07. The van der Waals surface area contributed by atoms with Crippen LogP contribution in [0.1, 0.15) is 24.8 Å². The van der Waals surface area contributed by atoms with Gasteiger partial charge >= 0.3 is 0 Å². The van der Waals surface area contributed by atoms with Crippen LogP contribution in [0.3, 0.4) is 0 Å². The average Bonchev–Trinajstić information content (AvgIpc) is 3.27. The number of nitriles is 1. The number of rotatable bonds is 5. The largest absolute Gasteiger partial charge is 0.477 e. The van der Waals surface area contributed by atoms with Crippen LogP contribution in [0.15, 0.2) is 36.7 Å². The molecule has 2 aliphatic rings. The number of anilines is 1. The van der Waals surface area contributed by atoms with Crippen molar-refractivity contribution in [2.75, 3.05) is 37.7 Å². The number of hydrogen-bond donors (Lipinski definition) is 0. The molecule has 156 valence electrons. The van der Waals surface area contributed by atoms with Crippen molar-refractivity contribution in [3.05, 3.63) is 48.0 Å². The second-order valence-electron chi connectivity index (χ2n) is 7.84. The summed E-state index contributed by atoms with van der Waals surface area (Å²) in [5.74, 6) is 1.41. The van der Waals surface area contributed by atoms with Crippen molar-refractivity contribution in [2.24, 2.45) is 11.8 Å². The van der Waals surface area contributed by atoms with Crippen LogP contribution in [0.5, 0.6) is 5.88 Å². The van der Waals surface area contributed by atoms with Gasteiger partial charge in [0.1, 0.15) is 17.7 Å². The topological polar surface area (TPSA) is 82.4 Å². The number of ether oxygens (including phenoxy) is 1. The Labute approximate surface area is 175 Å². The van der Waals surface area contributed by atoms with Gasteiger partial charge in [0.15, 0.2) is 0 Å². The number of halogens is 1. The number of amides is 1. The van der Waals surface area contributed by atoms with E-state index < -0.39 is 0 Å². The second-order valence-corrected chi connectivity index (χ2v) is 7.84. The molecule has 0 N–H and O–H groups in total. The summed E-state index contributed by atoms with van der Waals surface area (Å²) in [7, 11) is 0. The standard InChI is InChI=1S/C22H24FN5O2/c23-19-2-4-21(26-13-19)30-15-17-5-8-28(14-17)22(29)18-6-9-27(10-7-18)20-3-1-16(11-24)12-25-20/h1-4,12-13,17-18H,5-10,14-15H2. The van der Waals surface area contributed by atoms with Gasteiger partial charge in [-0.25, -0.2) is 14.4 Å². The van der Waals surface area contributed by atoms with Gasteiger partial charge in [0, 0.05) is 50.3 Å². The molecule has 0 spiro atoms. The molecule has 2 saturated heterocycles. The Morgan fingerprint density at radius 2 is 1.97 bits per heavy atom. The van der Waals surface area contributed by atoms with E-state index in [2.05, 4.69) is 20.9 Å². The quantitative estimate of drug-likeness (QED) is 0.755. The predicted octanol–water partition coefficient (Wildman–Crippen LogP) is 2.63. The van der Waals surface area contributed by atoms with E-state index in [1.807, 2.05) is 11.0 Å². The lowest BCUT2D eigenvalue weighted by atomic mass is 9.95. The Bertz CT molecular complexity index is 905. The molecule has 2 aliphatic heterocycles. The van der Waals surface area contributed by atoms with Crippen LogP contribution in [0, 0.1) is 29.0 Å². The van der Waals surface area contributed by atoms with Crippen molar-refractivity contribution in [3.8, 4) is 11.9 Å². The van der Waals surface area contributed by atoms with Gasteiger partial charge in [-0.1, -0.05) is 0 Å². The highest BCUT2D eigenvalue weighted by Crippen LogP contribution is 2.26. The van der Waals surface area contributed by atoms with Crippen LogP contribution >= 0.6 is 0 Å². The molecule has 0 radical (unpaired) electrons. The minimum atomic E-state index is -0.388. The molecular formula is C22H24FN5O2. The van der Waals surface area contributed by atoms with Crippen molar-refractivity contribution < 1.29 is 13.9 Å². The van der Waals surface area contributed by atoms with Crippen LogP contribution in [-0.2, 0) is 4.79 Å². The van der Waals surface area contributed by atoms with Crippen LogP contribution in [0.25, 0.3) is 0 Å². The molecule has 1 atom stereocenters. The molecule has 8 heteroatoms. The fraction of sp³-hybridized carbons (Fsp3) is 0.455. The van der Waals surface area contributed by atoms with Gasteiger partial charge in [-0.15, -0.1) is 0 Å². The van der Waals surface area contributed by atoms with E-state index >= 15 is 0 Å². The average molecular weight is 409 g/mol. The van der Waals surface area contributed by atoms with Crippen LogP contribution in [-0.4, -0.2) is 53.6 Å². The van der Waals surface area contributed by atoms with Crippen LogP contribution in [0.2, 0.25) is 0 Å². The maximum absolute atomic E-state index is 12.9. The SMILES string of the molecule is N#Cc1ccc(N2CCC(C(=O)N3CCC(COc4ccc(F)cn4)C3)CC2)nc1. The monoisotopic (exact) mass is 409 g/mol. The summed E-state index contributed by atoms with van der Waals surface area (Å²) in [4.78, 5) is 25.3. The Morgan fingerprint density at radius 1 is 1.13 bits per heavy atom. The van der Waals surface area contributed by atoms with Crippen molar-refractivity contribution in [2.45, 2.75) is 19.3 Å². The Hall–Kier alpha value is -3.21. The maximum atomic E-state index is 12.9. The first kappa shape index (κ1) is 20.1. The number of likely N-dealkylation sites (tertiary alicyclic amines) is 1. The minimum Gasteiger partial charge on any atom is -0.477 e. The van der Waals surface area contributed by atoms with E-state index in [4.69, 9.17) is 10.00 Å². The molecule has 0 bridgehead atoms. The highest BCUT2D eigenvalue weighted by molar-refractivity contribution is 5.79. The summed E-state index contributed by atoms with van der Waals surface area (Å²) in [5, 5.41) is 8.89. The molecule has 4 rings (SSSR count). The molecule has 30 heavy (non-hydrogen) atoms. The van der Waals surface area contributed by atoms with Crippen LogP contribution in [0.4, 0.5) is 10.2 Å². The number of hydrogen-bond acceptors (Lipinski definition) is 6. The van der Waals surface area contributed by atoms with E-state index in [-0.39, 0.29) is 23.6 Å². The molecule has 2 aromatic heterocycles. The Morgan fingerprint density at radius 3 is 2.63 bits per heavy atom. The lowest BCUT2D eigenvalue weighted by Gasteiger charge is -2.33. The summed E-state index contributed by atoms with van der Waals surface area (Å²) < 4.78 is 18.6. The van der Waals surface area contributed by atoms with Gasteiger partial charge in [0.25, 0.3) is 0 Å². The second kappa shape index (κ2) is 9.08. The van der Waals surface area contributed by atoms with E-state index in [0.717, 1.165) is 50.9 Å². The summed E-state index contributed by atoms with van der Waals surface area (Å²) >= 11 is 0. The molecule has 2 aromatic rings. The third kappa shape index (κ3) is 4.67. The molecule has 7 nitrogen and oxygen atoms in total. The zero-order chi connectivity index (χ0) is 20.9. The van der Waals surface area contributed by atoms with Gasteiger partial charge < -0.3 is 14.5 Å². The predicted molar refractivity (Wildman–Crippen MR) is 108 cm³/mol. The molecule has 4 heterocycles. The van der Waals surface area contributed by atoms with Crippen molar-refractivity contribution >= 4 is 11.7 Å². The van der Waals surface area contributed by atoms with E-state index in [1.165, 1.54) is 12.1 Å². The first-order chi connectivity index (χ1) is 14.6. The summed E-state index contributed by atoms with van der Waals surface area (Å²) in [6.45, 7) is 3.49. The van der Waals surface area contributed by atoms with Gasteiger partial charge in [-0.3, -0.25) is 4.79 Å². The number of carbonyl (C=O) groups is 1. The van der Waals surface area contributed by atoms with Gasteiger partial charge in [-0.05, 0) is 37.5 Å². The normalized spacial score (nSPS) is 19.5. The lowest BCUT2D eigenvalue weighted by Crippen LogP contribution is -2.42. The smallest absolute Gasteiger partial charge is 0.225 e. The van der Waals surface area contributed by atoms with Crippen molar-refractivity contribution in [1.82, 2.24) is 14.9 Å². The third-order valence-electron chi connectivity index (χ3n) is 5.81. The molecule has 2 fully saturated rings. The first-order valence-corrected chi connectivity index (χ1v) is 10.3. The molecule has 0 aromatic carbocycles. The van der Waals surface area contributed by atoms with E-state index in [1.54, 1.807) is 12.3 Å². The summed E-state index contributed by atoms with van der Waals surface area (Å²) in [5.41, 5.74) is 0.548. The number of carbonyl (C=O) groups excluding carboxylic acids is 1. The van der Waals surface area contributed by atoms with Crippen LogP contribution < -0.4 is 9.64 Å². The van der Waals surface area contributed by atoms with E-state index in [9.17, 15) is 9.18 Å². The molecule has 0 saturated carbocycles. The Balaban J connectivity index is 1.23. The number of piperidine rings is 1. The fourth-order valence-electron chi connectivity index (χ4n) is 4.07. The molecule has 0 aliphatic carbocycles. The van der Waals surface area contributed by atoms with Gasteiger partial charge in [0.05, 0.1) is 18.4 Å². The van der Waals surface area contributed by atoms with Gasteiger partial charge in [0.2, 0.25) is 11.8 Å². The zero-order valence-electron chi connectivity index (χ0n) is 16.7. The van der Waals surface area contributed by atoms with E-state index in [0.29, 0.717) is 24.6 Å². The number of nitrogens with zero attached hydrogens (tertiary/aromatic N) is 5. The number of pyridine rings is 2. The minimum absolute atomic E-state index is 0.0399. The number of aromatic nitrogens is 2. The van der Waals surface area contributed by atoms with Crippen molar-refractivity contribution in [1.29, 1.82) is 5.26 Å². The lowest BCUT2D eigenvalue weighted by molar-refractivity contribution is -0.135. The summed E-state index contributed by atoms with van der Waals surface area (Å²) in [6, 6.07) is 8.55. The molecule has 1 amide bonds. The third-order valence-corrected chi connectivity index (χ3v) is 5.81. The fourth-order valence-corrected chi connectivity index (χ4v) is 4.07. The zero-order valence-corrected chi connectivity index (χ0v) is 16.7. The molecule has 1 unspecified atom stereocenters. The highest BCUT2D eigenvalue weighted by Gasteiger charge is 2.33. The molecular weight excluding hydrogens is 385 g/mol. The first-order valence-electron chi connectivity index (χ1n) is 10.3. The van der Waals surface area contributed by atoms with Gasteiger partial charge in [-0.2, -0.15) is 5.26 Å². The summed E-state index contributed by atoms with van der Waals surface area (Å²) in [6.07, 6.45) is 5.23. The maximum Gasteiger partial charge on any atom is 0.225 e. The highest BCUT2D eigenvalue weighted by atomic mass is 19.1. The van der Waals surface area contributed by atoms with Crippen molar-refractivity contribution in [3.63, 3.8) is 0 Å².